The minimum Gasteiger partial charge on any atom is -0.493 e. The minimum absolute atomic E-state index is 0. The van der Waals surface area contributed by atoms with Gasteiger partial charge in [0.15, 0.2) is 0 Å². The van der Waals surface area contributed by atoms with E-state index in [1.165, 1.54) is 19.4 Å². The first kappa shape index (κ1) is 17.6. The lowest BCUT2D eigenvalue weighted by Gasteiger charge is -2.37. The van der Waals surface area contributed by atoms with Crippen LogP contribution in [0.1, 0.15) is 43.6 Å². The van der Waals surface area contributed by atoms with Gasteiger partial charge in [0, 0.05) is 24.7 Å². The van der Waals surface area contributed by atoms with Gasteiger partial charge >= 0.3 is 0 Å². The van der Waals surface area contributed by atoms with E-state index in [2.05, 4.69) is 10.2 Å². The van der Waals surface area contributed by atoms with Crippen LogP contribution in [0, 0.1) is 5.92 Å². The molecule has 3 aliphatic rings. The van der Waals surface area contributed by atoms with E-state index in [9.17, 15) is 4.79 Å². The average molecular weight is 351 g/mol. The highest BCUT2D eigenvalue weighted by Gasteiger charge is 2.34. The molecule has 0 saturated carbocycles. The normalized spacial score (nSPS) is 27.1. The molecule has 2 fully saturated rings. The number of nitrogens with zero attached hydrogens (tertiary/aromatic N) is 1. The molecular weight excluding hydrogens is 324 g/mol. The van der Waals surface area contributed by atoms with Crippen molar-refractivity contribution < 1.29 is 9.53 Å². The number of para-hydroxylation sites is 1. The summed E-state index contributed by atoms with van der Waals surface area (Å²) in [4.78, 5) is 15.1. The molecule has 24 heavy (non-hydrogen) atoms. The lowest BCUT2D eigenvalue weighted by atomic mass is 9.86. The van der Waals surface area contributed by atoms with E-state index in [0.29, 0.717) is 18.6 Å². The first-order valence-electron chi connectivity index (χ1n) is 9.07. The fraction of sp³-hybridized carbons (Fsp3) is 0.632. The van der Waals surface area contributed by atoms with Crippen molar-refractivity contribution in [3.05, 3.63) is 29.8 Å². The maximum absolute atomic E-state index is 13.0. The van der Waals surface area contributed by atoms with Gasteiger partial charge in [-0.1, -0.05) is 18.2 Å². The predicted molar refractivity (Wildman–Crippen MR) is 96.9 cm³/mol. The summed E-state index contributed by atoms with van der Waals surface area (Å²) in [6.07, 6.45) is 5.72. The molecule has 1 aromatic rings. The van der Waals surface area contributed by atoms with Gasteiger partial charge in [0.05, 0.1) is 12.5 Å². The summed E-state index contributed by atoms with van der Waals surface area (Å²) in [6.45, 7) is 3.65. The quantitative estimate of drug-likeness (QED) is 0.891. The van der Waals surface area contributed by atoms with E-state index < -0.39 is 0 Å². The van der Waals surface area contributed by atoms with Crippen LogP contribution in [0.15, 0.2) is 24.3 Å². The number of likely N-dealkylation sites (tertiary alicyclic amines) is 1. The largest absolute Gasteiger partial charge is 0.493 e. The molecule has 5 heteroatoms. The molecule has 0 radical (unpaired) electrons. The van der Waals surface area contributed by atoms with Gasteiger partial charge in [-0.05, 0) is 50.6 Å². The van der Waals surface area contributed by atoms with Crippen molar-refractivity contribution in [2.45, 2.75) is 44.1 Å². The van der Waals surface area contributed by atoms with E-state index in [4.69, 9.17) is 4.74 Å². The van der Waals surface area contributed by atoms with E-state index in [1.807, 2.05) is 24.3 Å². The molecular formula is C19H27ClN2O2. The molecule has 1 amide bonds. The van der Waals surface area contributed by atoms with Crippen molar-refractivity contribution in [1.82, 2.24) is 10.2 Å². The molecule has 2 saturated heterocycles. The Kier molecular flexibility index (Phi) is 5.67. The Bertz CT molecular complexity index is 566. The zero-order valence-corrected chi connectivity index (χ0v) is 14.9. The third kappa shape index (κ3) is 3.40. The van der Waals surface area contributed by atoms with Crippen LogP contribution in [-0.2, 0) is 4.79 Å². The first-order chi connectivity index (χ1) is 11.3. The summed E-state index contributed by atoms with van der Waals surface area (Å²) in [5.74, 6) is 1.94. The predicted octanol–water partition coefficient (Wildman–Crippen LogP) is 2.97. The third-order valence-corrected chi connectivity index (χ3v) is 5.78. The van der Waals surface area contributed by atoms with Gasteiger partial charge in [-0.25, -0.2) is 0 Å². The Labute approximate surface area is 150 Å². The molecule has 2 atom stereocenters. The number of halogens is 1. The topological polar surface area (TPSA) is 41.6 Å². The number of piperidine rings is 1. The fourth-order valence-corrected chi connectivity index (χ4v) is 4.46. The fourth-order valence-electron chi connectivity index (χ4n) is 4.46. The SMILES string of the molecule is Cl.O=C(C1CCOc2ccccc21)N1CCC(C2CCCN2)CC1. The molecule has 0 aromatic heterocycles. The van der Waals surface area contributed by atoms with Crippen molar-refractivity contribution in [3.8, 4) is 5.75 Å². The van der Waals surface area contributed by atoms with Gasteiger partial charge < -0.3 is 15.0 Å². The van der Waals surface area contributed by atoms with Crippen molar-refractivity contribution in [1.29, 1.82) is 0 Å². The third-order valence-electron chi connectivity index (χ3n) is 5.78. The maximum Gasteiger partial charge on any atom is 0.230 e. The number of nitrogens with one attached hydrogen (secondary N) is 1. The second-order valence-corrected chi connectivity index (χ2v) is 7.09. The summed E-state index contributed by atoms with van der Waals surface area (Å²) >= 11 is 0. The standard InChI is InChI=1S/C19H26N2O2.ClH/c22-19(16-9-13-23-18-6-2-1-4-15(16)18)21-11-7-14(8-12-21)17-5-3-10-20-17;/h1-2,4,6,14,16-17,20H,3,5,7-13H2;1H. The van der Waals surface area contributed by atoms with Crippen molar-refractivity contribution in [2.24, 2.45) is 5.92 Å². The number of hydrogen-bond donors (Lipinski definition) is 1. The van der Waals surface area contributed by atoms with Crippen molar-refractivity contribution >= 4 is 18.3 Å². The molecule has 4 rings (SSSR count). The zero-order valence-electron chi connectivity index (χ0n) is 14.1. The average Bonchev–Trinajstić information content (AvgIpc) is 3.15. The van der Waals surface area contributed by atoms with Crippen LogP contribution in [0.25, 0.3) is 0 Å². The van der Waals surface area contributed by atoms with Crippen LogP contribution in [0.2, 0.25) is 0 Å². The lowest BCUT2D eigenvalue weighted by molar-refractivity contribution is -0.135. The molecule has 132 valence electrons. The number of amides is 1. The van der Waals surface area contributed by atoms with Crippen LogP contribution in [0.3, 0.4) is 0 Å². The maximum atomic E-state index is 13.0. The van der Waals surface area contributed by atoms with Crippen molar-refractivity contribution in [3.63, 3.8) is 0 Å². The summed E-state index contributed by atoms with van der Waals surface area (Å²) in [5, 5.41) is 3.63. The van der Waals surface area contributed by atoms with Crippen LogP contribution in [-0.4, -0.2) is 43.1 Å². The molecule has 2 unspecified atom stereocenters. The highest BCUT2D eigenvalue weighted by Crippen LogP contribution is 2.35. The number of carbonyl (C=O) groups excluding carboxylic acids is 1. The zero-order chi connectivity index (χ0) is 15.6. The van der Waals surface area contributed by atoms with Crippen LogP contribution < -0.4 is 10.1 Å². The molecule has 1 aromatic carbocycles. The monoisotopic (exact) mass is 350 g/mol. The number of ether oxygens (including phenoxy) is 1. The van der Waals surface area contributed by atoms with Crippen LogP contribution in [0.4, 0.5) is 0 Å². The van der Waals surface area contributed by atoms with Gasteiger partial charge in [0.25, 0.3) is 0 Å². The molecule has 3 heterocycles. The molecule has 4 nitrogen and oxygen atoms in total. The first-order valence-corrected chi connectivity index (χ1v) is 9.07. The van der Waals surface area contributed by atoms with Gasteiger partial charge in [-0.2, -0.15) is 0 Å². The highest BCUT2D eigenvalue weighted by atomic mass is 35.5. The van der Waals surface area contributed by atoms with E-state index in [0.717, 1.165) is 49.6 Å². The lowest BCUT2D eigenvalue weighted by Crippen LogP contribution is -2.45. The summed E-state index contributed by atoms with van der Waals surface area (Å²) < 4.78 is 5.70. The summed E-state index contributed by atoms with van der Waals surface area (Å²) in [6, 6.07) is 8.70. The minimum atomic E-state index is -0.0129. The second kappa shape index (κ2) is 7.75. The smallest absolute Gasteiger partial charge is 0.230 e. The number of rotatable bonds is 2. The second-order valence-electron chi connectivity index (χ2n) is 7.09. The molecule has 0 bridgehead atoms. The Balaban J connectivity index is 0.00000169. The van der Waals surface area contributed by atoms with Gasteiger partial charge in [-0.3, -0.25) is 4.79 Å². The molecule has 0 spiro atoms. The van der Waals surface area contributed by atoms with Crippen LogP contribution >= 0.6 is 12.4 Å². The highest BCUT2D eigenvalue weighted by molar-refractivity contribution is 5.85. The van der Waals surface area contributed by atoms with E-state index in [-0.39, 0.29) is 18.3 Å². The van der Waals surface area contributed by atoms with Crippen LogP contribution in [0.5, 0.6) is 5.75 Å². The Morgan fingerprint density at radius 2 is 1.92 bits per heavy atom. The number of carbonyl (C=O) groups is 1. The summed E-state index contributed by atoms with van der Waals surface area (Å²) in [7, 11) is 0. The molecule has 0 aliphatic carbocycles. The summed E-state index contributed by atoms with van der Waals surface area (Å²) in [5.41, 5.74) is 1.07. The number of fused-ring (bicyclic) bond motifs is 1. The van der Waals surface area contributed by atoms with Gasteiger partial charge in [0.1, 0.15) is 5.75 Å². The number of hydrogen-bond acceptors (Lipinski definition) is 3. The Hall–Kier alpha value is -1.26. The van der Waals surface area contributed by atoms with E-state index >= 15 is 0 Å². The Morgan fingerprint density at radius 1 is 1.12 bits per heavy atom. The van der Waals surface area contributed by atoms with Gasteiger partial charge in [0.2, 0.25) is 5.91 Å². The van der Waals surface area contributed by atoms with Gasteiger partial charge in [-0.15, -0.1) is 12.4 Å². The van der Waals surface area contributed by atoms with Crippen molar-refractivity contribution in [2.75, 3.05) is 26.2 Å². The molecule has 1 N–H and O–H groups in total. The van der Waals surface area contributed by atoms with E-state index in [1.54, 1.807) is 0 Å². The Morgan fingerprint density at radius 3 is 2.67 bits per heavy atom. The molecule has 3 aliphatic heterocycles. The number of benzene rings is 1.